The van der Waals surface area contributed by atoms with Crippen molar-refractivity contribution in [1.82, 2.24) is 0 Å². The van der Waals surface area contributed by atoms with Gasteiger partial charge in [-0.1, -0.05) is 6.58 Å². The number of aliphatic hydroxyl groups excluding tert-OH is 1. The van der Waals surface area contributed by atoms with E-state index in [-0.39, 0.29) is 5.57 Å². The fraction of sp³-hybridized carbons (Fsp3) is 0.571. The molecule has 0 radical (unpaired) electrons. The number of rotatable bonds is 5. The lowest BCUT2D eigenvalue weighted by Crippen LogP contribution is -2.18. The van der Waals surface area contributed by atoms with Gasteiger partial charge in [0, 0.05) is 5.57 Å². The molecule has 0 fully saturated rings. The maximum Gasteiger partial charge on any atom is 0.330 e. The van der Waals surface area contributed by atoms with Gasteiger partial charge in [-0.2, -0.15) is 0 Å². The Morgan fingerprint density at radius 3 is 2.55 bits per heavy atom. The number of hydrogen-bond donors (Lipinski definition) is 3. The predicted molar refractivity (Wildman–Crippen MR) is 40.8 cm³/mol. The molecule has 0 saturated heterocycles. The van der Waals surface area contributed by atoms with Crippen molar-refractivity contribution >= 4 is 5.97 Å². The molecule has 0 rings (SSSR count). The molecule has 0 spiro atoms. The summed E-state index contributed by atoms with van der Waals surface area (Å²) in [7, 11) is 0. The van der Waals surface area contributed by atoms with Crippen molar-refractivity contribution in [1.29, 1.82) is 0 Å². The number of carbonyl (C=O) groups is 1. The van der Waals surface area contributed by atoms with Gasteiger partial charge in [0.05, 0.1) is 0 Å². The Balaban J connectivity index is 3.40. The first kappa shape index (κ1) is 10.1. The van der Waals surface area contributed by atoms with Crippen LogP contribution in [0.25, 0.3) is 0 Å². The Labute approximate surface area is 65.3 Å². The van der Waals surface area contributed by atoms with Crippen LogP contribution in [0.15, 0.2) is 12.2 Å². The van der Waals surface area contributed by atoms with Crippen LogP contribution < -0.4 is 5.73 Å². The summed E-state index contributed by atoms with van der Waals surface area (Å²) < 4.78 is 0. The minimum Gasteiger partial charge on any atom is -0.478 e. The summed E-state index contributed by atoms with van der Waals surface area (Å²) >= 11 is 0. The van der Waals surface area contributed by atoms with Crippen molar-refractivity contribution < 1.29 is 15.0 Å². The summed E-state index contributed by atoms with van der Waals surface area (Å²) in [6.45, 7) is 3.33. The fourth-order valence-corrected chi connectivity index (χ4v) is 0.632. The molecule has 4 N–H and O–H groups in total. The second-order valence-corrected chi connectivity index (χ2v) is 2.37. The van der Waals surface area contributed by atoms with Crippen LogP contribution in [0.5, 0.6) is 0 Å². The molecule has 0 saturated carbocycles. The highest BCUT2D eigenvalue weighted by molar-refractivity contribution is 5.85. The highest BCUT2D eigenvalue weighted by atomic mass is 16.4. The largest absolute Gasteiger partial charge is 0.478 e. The molecule has 4 nitrogen and oxygen atoms in total. The lowest BCUT2D eigenvalue weighted by Gasteiger charge is -2.02. The average molecular weight is 159 g/mol. The van der Waals surface area contributed by atoms with E-state index in [0.29, 0.717) is 19.3 Å². The Bertz CT molecular complexity index is 154. The minimum absolute atomic E-state index is 0.158. The standard InChI is InChI=1S/C7H13NO3/c1-5(7(10)11)3-2-4-6(8)9/h6,9H,1-4,8H2,(H,10,11). The van der Waals surface area contributed by atoms with E-state index >= 15 is 0 Å². The van der Waals surface area contributed by atoms with Gasteiger partial charge in [0.15, 0.2) is 0 Å². The maximum absolute atomic E-state index is 10.2. The molecule has 1 unspecified atom stereocenters. The summed E-state index contributed by atoms with van der Waals surface area (Å²) in [5, 5.41) is 17.0. The van der Waals surface area contributed by atoms with E-state index in [2.05, 4.69) is 6.58 Å². The smallest absolute Gasteiger partial charge is 0.330 e. The first-order valence-electron chi connectivity index (χ1n) is 3.38. The third-order valence-electron chi connectivity index (χ3n) is 1.28. The van der Waals surface area contributed by atoms with Crippen molar-refractivity contribution in [3.05, 3.63) is 12.2 Å². The zero-order valence-electron chi connectivity index (χ0n) is 6.29. The molecule has 0 aliphatic rings. The van der Waals surface area contributed by atoms with Gasteiger partial charge in [-0.05, 0) is 19.3 Å². The molecular formula is C7H13NO3. The number of carboxylic acid groups (broad SMARTS) is 1. The zero-order valence-corrected chi connectivity index (χ0v) is 6.29. The molecule has 0 amide bonds. The number of aliphatic hydroxyl groups is 1. The SMILES string of the molecule is C=C(CCCC(N)O)C(=O)O. The lowest BCUT2D eigenvalue weighted by atomic mass is 10.1. The first-order valence-corrected chi connectivity index (χ1v) is 3.38. The van der Waals surface area contributed by atoms with Crippen LogP contribution in [0.3, 0.4) is 0 Å². The van der Waals surface area contributed by atoms with Gasteiger partial charge in [-0.3, -0.25) is 0 Å². The maximum atomic E-state index is 10.2. The Morgan fingerprint density at radius 2 is 2.18 bits per heavy atom. The number of hydrogen-bond acceptors (Lipinski definition) is 3. The van der Waals surface area contributed by atoms with Gasteiger partial charge in [0.2, 0.25) is 0 Å². The first-order chi connectivity index (χ1) is 5.04. The molecule has 4 heteroatoms. The second kappa shape index (κ2) is 4.87. The number of nitrogens with two attached hydrogens (primary N) is 1. The Morgan fingerprint density at radius 1 is 1.64 bits per heavy atom. The van der Waals surface area contributed by atoms with Gasteiger partial charge in [0.1, 0.15) is 6.23 Å². The molecule has 0 aromatic rings. The summed E-state index contributed by atoms with van der Waals surface area (Å²) in [5.41, 5.74) is 5.19. The fourth-order valence-electron chi connectivity index (χ4n) is 0.632. The van der Waals surface area contributed by atoms with Crippen LogP contribution in [0.1, 0.15) is 19.3 Å². The summed E-state index contributed by atoms with van der Waals surface area (Å²) in [6, 6.07) is 0. The zero-order chi connectivity index (χ0) is 8.85. The molecule has 0 aromatic heterocycles. The van der Waals surface area contributed by atoms with Crippen molar-refractivity contribution in [2.24, 2.45) is 5.73 Å². The van der Waals surface area contributed by atoms with Gasteiger partial charge in [0.25, 0.3) is 0 Å². The molecule has 1 atom stereocenters. The second-order valence-electron chi connectivity index (χ2n) is 2.37. The third-order valence-corrected chi connectivity index (χ3v) is 1.28. The molecule has 0 bridgehead atoms. The quantitative estimate of drug-likeness (QED) is 0.391. The van der Waals surface area contributed by atoms with E-state index in [4.69, 9.17) is 15.9 Å². The van der Waals surface area contributed by atoms with E-state index in [1.54, 1.807) is 0 Å². The summed E-state index contributed by atoms with van der Waals surface area (Å²) in [4.78, 5) is 10.2. The summed E-state index contributed by atoms with van der Waals surface area (Å²) in [6.07, 6.45) is 0.496. The lowest BCUT2D eigenvalue weighted by molar-refractivity contribution is -0.132. The van der Waals surface area contributed by atoms with Crippen molar-refractivity contribution in [2.75, 3.05) is 0 Å². The van der Waals surface area contributed by atoms with Crippen molar-refractivity contribution in [3.8, 4) is 0 Å². The van der Waals surface area contributed by atoms with Crippen LogP contribution >= 0.6 is 0 Å². The van der Waals surface area contributed by atoms with E-state index in [1.165, 1.54) is 0 Å². The van der Waals surface area contributed by atoms with E-state index in [0.717, 1.165) is 0 Å². The van der Waals surface area contributed by atoms with Crippen molar-refractivity contribution in [2.45, 2.75) is 25.5 Å². The number of aliphatic carboxylic acids is 1. The Kier molecular flexibility index (Phi) is 4.49. The molecular weight excluding hydrogens is 146 g/mol. The average Bonchev–Trinajstić information content (AvgIpc) is 1.86. The monoisotopic (exact) mass is 159 g/mol. The minimum atomic E-state index is -0.989. The highest BCUT2D eigenvalue weighted by Crippen LogP contribution is 2.05. The van der Waals surface area contributed by atoms with Crippen LogP contribution in [-0.2, 0) is 4.79 Å². The molecule has 64 valence electrons. The van der Waals surface area contributed by atoms with Gasteiger partial charge in [-0.25, -0.2) is 4.79 Å². The molecule has 0 aromatic carbocycles. The van der Waals surface area contributed by atoms with Crippen LogP contribution in [0.4, 0.5) is 0 Å². The molecule has 0 aliphatic heterocycles. The van der Waals surface area contributed by atoms with Gasteiger partial charge in [-0.15, -0.1) is 0 Å². The summed E-state index contributed by atoms with van der Waals surface area (Å²) in [5.74, 6) is -0.989. The van der Waals surface area contributed by atoms with Crippen LogP contribution in [-0.4, -0.2) is 22.4 Å². The topological polar surface area (TPSA) is 83.5 Å². The van der Waals surface area contributed by atoms with E-state index in [1.807, 2.05) is 0 Å². The molecule has 0 heterocycles. The number of carboxylic acids is 1. The molecule has 0 aliphatic carbocycles. The van der Waals surface area contributed by atoms with Gasteiger partial charge < -0.3 is 15.9 Å². The van der Waals surface area contributed by atoms with E-state index in [9.17, 15) is 4.79 Å². The van der Waals surface area contributed by atoms with E-state index < -0.39 is 12.2 Å². The van der Waals surface area contributed by atoms with Crippen LogP contribution in [0.2, 0.25) is 0 Å². The Hall–Kier alpha value is -0.870. The molecule has 11 heavy (non-hydrogen) atoms. The van der Waals surface area contributed by atoms with Crippen LogP contribution in [0, 0.1) is 0 Å². The predicted octanol–water partition coefficient (Wildman–Crippen LogP) is 0.0746. The highest BCUT2D eigenvalue weighted by Gasteiger charge is 2.03. The third kappa shape index (κ3) is 5.57. The normalized spacial score (nSPS) is 12.5. The van der Waals surface area contributed by atoms with Gasteiger partial charge >= 0.3 is 5.97 Å². The van der Waals surface area contributed by atoms with Crippen molar-refractivity contribution in [3.63, 3.8) is 0 Å².